The third-order valence-corrected chi connectivity index (χ3v) is 15.5. The highest BCUT2D eigenvalue weighted by atomic mass is 32.1. The predicted octanol–water partition coefficient (Wildman–Crippen LogP) is 15.8. The van der Waals surface area contributed by atoms with Gasteiger partial charge in [-0.15, -0.1) is 11.3 Å². The van der Waals surface area contributed by atoms with Gasteiger partial charge in [0, 0.05) is 38.4 Å². The molecule has 0 N–H and O–H groups in total. The Morgan fingerprint density at radius 2 is 1.00 bits per heavy atom. The number of nitriles is 1. The summed E-state index contributed by atoms with van der Waals surface area (Å²) in [7, 11) is 0. The number of pyridine rings is 1. The van der Waals surface area contributed by atoms with Crippen LogP contribution in [0.25, 0.3) is 98.6 Å². The summed E-state index contributed by atoms with van der Waals surface area (Å²) in [6, 6.07) is 60.3. The molecule has 318 valence electrons. The Morgan fingerprint density at radius 1 is 0.500 bits per heavy atom. The Labute approximate surface area is 389 Å². The number of fused-ring (bicyclic) bond motifs is 6. The van der Waals surface area contributed by atoms with Crippen LogP contribution in [-0.2, 0) is 5.41 Å². The molecule has 3 heterocycles. The molecule has 10 aromatic rings. The molecule has 4 atom stereocenters. The van der Waals surface area contributed by atoms with Crippen molar-refractivity contribution in [2.75, 3.05) is 0 Å². The van der Waals surface area contributed by atoms with Crippen molar-refractivity contribution < 1.29 is 0 Å². The minimum absolute atomic E-state index is 0.254. The van der Waals surface area contributed by atoms with E-state index >= 15 is 0 Å². The molecule has 6 heteroatoms. The SMILES string of the molecule is C[C@@H]1C[C@@H]2C[C@H](C)CC(c3ccc(-c4nc(-c5ccc(-c6ccc(-c7ccc(-c8ccc(C#N)cc8)cc7)c7ccccc67)cc5)nc(-c5ccnc6sc7ccccc7c56)n4)cc3)(C1)C2. The van der Waals surface area contributed by atoms with Crippen LogP contribution in [0.3, 0.4) is 0 Å². The molecule has 0 spiro atoms. The molecular weight excluding hydrogens is 823 g/mol. The summed E-state index contributed by atoms with van der Waals surface area (Å²) >= 11 is 1.70. The standard InChI is InChI=1S/C60H47N5S/c1-37-31-40-32-38(2)34-60(33-37,35-40)47-25-23-46(24-26-47)57-63-56(64-58(65-57)53-29-30-62-59-55(53)52-9-5-6-10-54(52)66-59)45-21-19-44(20-22-45)49-28-27-48(50-7-3-4-8-51(49)50)43-17-15-42(16-18-43)41-13-11-39(36-61)12-14-41/h3-30,37-38,40H,31-35H2,1-2H3/t37-,38+,40-,60?. The van der Waals surface area contributed by atoms with Crippen LogP contribution in [0, 0.1) is 29.1 Å². The van der Waals surface area contributed by atoms with Crippen molar-refractivity contribution in [1.82, 2.24) is 19.9 Å². The number of thiophene rings is 1. The first-order chi connectivity index (χ1) is 32.4. The summed E-state index contributed by atoms with van der Waals surface area (Å²) in [4.78, 5) is 21.5. The van der Waals surface area contributed by atoms with Crippen molar-refractivity contribution in [3.05, 3.63) is 181 Å². The zero-order valence-electron chi connectivity index (χ0n) is 37.1. The summed E-state index contributed by atoms with van der Waals surface area (Å²) in [6.45, 7) is 4.91. The van der Waals surface area contributed by atoms with E-state index in [1.165, 1.54) is 64.3 Å². The van der Waals surface area contributed by atoms with E-state index in [1.807, 2.05) is 30.5 Å². The second-order valence-electron chi connectivity index (χ2n) is 19.0. The highest BCUT2D eigenvalue weighted by Crippen LogP contribution is 2.54. The second-order valence-corrected chi connectivity index (χ2v) is 20.0. The van der Waals surface area contributed by atoms with Gasteiger partial charge in [-0.3, -0.25) is 0 Å². The summed E-state index contributed by atoms with van der Waals surface area (Å²) in [6.07, 6.45) is 8.46. The molecule has 2 saturated carbocycles. The molecule has 66 heavy (non-hydrogen) atoms. The van der Waals surface area contributed by atoms with E-state index in [0.29, 0.717) is 23.0 Å². The number of hydrogen-bond donors (Lipinski definition) is 0. The Kier molecular flexibility index (Phi) is 9.91. The fourth-order valence-corrected chi connectivity index (χ4v) is 12.9. The first-order valence-corrected chi connectivity index (χ1v) is 24.1. The van der Waals surface area contributed by atoms with Crippen molar-refractivity contribution in [2.24, 2.45) is 17.8 Å². The number of nitrogens with zero attached hydrogens (tertiary/aromatic N) is 5. The van der Waals surface area contributed by atoms with Gasteiger partial charge in [-0.1, -0.05) is 153 Å². The van der Waals surface area contributed by atoms with E-state index in [-0.39, 0.29) is 5.41 Å². The summed E-state index contributed by atoms with van der Waals surface area (Å²) in [5, 5.41) is 13.9. The Balaban J connectivity index is 0.917. The highest BCUT2D eigenvalue weighted by molar-refractivity contribution is 7.25. The lowest BCUT2D eigenvalue weighted by molar-refractivity contribution is 0.0780. The molecule has 2 bridgehead atoms. The van der Waals surface area contributed by atoms with Gasteiger partial charge >= 0.3 is 0 Å². The maximum absolute atomic E-state index is 9.24. The molecule has 0 saturated heterocycles. The van der Waals surface area contributed by atoms with Gasteiger partial charge in [0.1, 0.15) is 4.83 Å². The molecule has 0 aliphatic heterocycles. The molecule has 0 radical (unpaired) electrons. The number of benzene rings is 7. The zero-order chi connectivity index (χ0) is 44.4. The zero-order valence-corrected chi connectivity index (χ0v) is 37.9. The van der Waals surface area contributed by atoms with E-state index in [2.05, 4.69) is 159 Å². The lowest BCUT2D eigenvalue weighted by atomic mass is 9.54. The quantitative estimate of drug-likeness (QED) is 0.159. The topological polar surface area (TPSA) is 75.3 Å². The van der Waals surface area contributed by atoms with Crippen molar-refractivity contribution in [3.63, 3.8) is 0 Å². The minimum atomic E-state index is 0.254. The van der Waals surface area contributed by atoms with Crippen LogP contribution >= 0.6 is 11.3 Å². The van der Waals surface area contributed by atoms with E-state index < -0.39 is 0 Å². The van der Waals surface area contributed by atoms with Gasteiger partial charge in [-0.2, -0.15) is 5.26 Å². The van der Waals surface area contributed by atoms with Crippen molar-refractivity contribution in [3.8, 4) is 73.6 Å². The van der Waals surface area contributed by atoms with Crippen LogP contribution in [0.2, 0.25) is 0 Å². The van der Waals surface area contributed by atoms with E-state index in [4.69, 9.17) is 19.9 Å². The normalized spacial score (nSPS) is 19.3. The third kappa shape index (κ3) is 7.16. The van der Waals surface area contributed by atoms with Crippen LogP contribution < -0.4 is 0 Å². The largest absolute Gasteiger partial charge is 0.245 e. The first-order valence-electron chi connectivity index (χ1n) is 23.3. The van der Waals surface area contributed by atoms with Crippen LogP contribution in [0.5, 0.6) is 0 Å². The monoisotopic (exact) mass is 869 g/mol. The van der Waals surface area contributed by atoms with Gasteiger partial charge in [-0.05, 0) is 129 Å². The minimum Gasteiger partial charge on any atom is -0.245 e. The van der Waals surface area contributed by atoms with Gasteiger partial charge in [0.15, 0.2) is 17.5 Å². The van der Waals surface area contributed by atoms with Gasteiger partial charge in [0.25, 0.3) is 0 Å². The van der Waals surface area contributed by atoms with Gasteiger partial charge in [-0.25, -0.2) is 19.9 Å². The summed E-state index contributed by atoms with van der Waals surface area (Å²) in [5.74, 6) is 4.30. The predicted molar refractivity (Wildman–Crippen MR) is 272 cm³/mol. The smallest absolute Gasteiger partial charge is 0.164 e. The average Bonchev–Trinajstić information content (AvgIpc) is 3.75. The van der Waals surface area contributed by atoms with Crippen molar-refractivity contribution in [2.45, 2.75) is 51.4 Å². The number of rotatable bonds is 7. The fraction of sp³-hybridized carbons (Fsp3) is 0.183. The van der Waals surface area contributed by atoms with E-state index in [9.17, 15) is 5.26 Å². The molecule has 3 aromatic heterocycles. The molecule has 2 fully saturated rings. The summed E-state index contributed by atoms with van der Waals surface area (Å²) < 4.78 is 1.20. The number of aromatic nitrogens is 4. The Hall–Kier alpha value is -7.33. The highest BCUT2D eigenvalue weighted by Gasteiger charge is 2.45. The lowest BCUT2D eigenvalue weighted by Crippen LogP contribution is -2.42. The molecule has 2 aliphatic carbocycles. The Bertz CT molecular complexity index is 3470. The summed E-state index contributed by atoms with van der Waals surface area (Å²) in [5.41, 5.74) is 12.1. The number of hydrogen-bond acceptors (Lipinski definition) is 6. The second kappa shape index (κ2) is 16.3. The average molecular weight is 870 g/mol. The van der Waals surface area contributed by atoms with Gasteiger partial charge in [0.05, 0.1) is 11.6 Å². The molecule has 0 amide bonds. The lowest BCUT2D eigenvalue weighted by Gasteiger charge is -2.50. The third-order valence-electron chi connectivity index (χ3n) is 14.5. The molecular formula is C60H47N5S. The van der Waals surface area contributed by atoms with Crippen LogP contribution in [0.4, 0.5) is 0 Å². The van der Waals surface area contributed by atoms with Gasteiger partial charge in [0.2, 0.25) is 0 Å². The van der Waals surface area contributed by atoms with E-state index in [0.717, 1.165) is 72.3 Å². The fourth-order valence-electron chi connectivity index (χ4n) is 11.8. The molecule has 2 aliphatic rings. The Morgan fingerprint density at radius 3 is 1.59 bits per heavy atom. The molecule has 1 unspecified atom stereocenters. The van der Waals surface area contributed by atoms with Crippen molar-refractivity contribution in [1.29, 1.82) is 5.26 Å². The van der Waals surface area contributed by atoms with Crippen molar-refractivity contribution >= 4 is 42.4 Å². The van der Waals surface area contributed by atoms with Crippen LogP contribution in [0.1, 0.15) is 57.1 Å². The van der Waals surface area contributed by atoms with E-state index in [1.54, 1.807) is 11.3 Å². The molecule has 12 rings (SSSR count). The van der Waals surface area contributed by atoms with Gasteiger partial charge < -0.3 is 0 Å². The van der Waals surface area contributed by atoms with Crippen LogP contribution in [0.15, 0.2) is 170 Å². The maximum Gasteiger partial charge on any atom is 0.164 e. The van der Waals surface area contributed by atoms with Crippen LogP contribution in [-0.4, -0.2) is 19.9 Å². The maximum atomic E-state index is 9.24. The molecule has 7 aromatic carbocycles. The molecule has 5 nitrogen and oxygen atoms in total. The first kappa shape index (κ1) is 40.2.